The third-order valence-electron chi connectivity index (χ3n) is 3.09. The third kappa shape index (κ3) is 3.01. The Bertz CT molecular complexity index is 599. The van der Waals surface area contributed by atoms with E-state index >= 15 is 0 Å². The topological polar surface area (TPSA) is 12.0 Å². The highest BCUT2D eigenvalue weighted by atomic mass is 79.9. The van der Waals surface area contributed by atoms with Crippen LogP contribution >= 0.6 is 15.9 Å². The van der Waals surface area contributed by atoms with Crippen LogP contribution in [0.1, 0.15) is 22.7 Å². The summed E-state index contributed by atoms with van der Waals surface area (Å²) in [6.45, 7) is 1.70. The third-order valence-corrected chi connectivity index (χ3v) is 3.58. The Kier molecular flexibility index (Phi) is 4.32. The van der Waals surface area contributed by atoms with Crippen LogP contribution in [0.2, 0.25) is 0 Å². The maximum Gasteiger partial charge on any atom is 0.129 e. The molecule has 2 aromatic rings. The predicted molar refractivity (Wildman–Crippen MR) is 76.1 cm³/mol. The molecule has 19 heavy (non-hydrogen) atoms. The maximum absolute atomic E-state index is 14.0. The summed E-state index contributed by atoms with van der Waals surface area (Å²) in [5, 5.41) is 3.02. The lowest BCUT2D eigenvalue weighted by molar-refractivity contribution is 0.570. The van der Waals surface area contributed by atoms with Gasteiger partial charge < -0.3 is 5.32 Å². The molecule has 0 aliphatic rings. The van der Waals surface area contributed by atoms with Crippen molar-refractivity contribution in [3.8, 4) is 0 Å². The zero-order valence-electron chi connectivity index (χ0n) is 10.7. The SMILES string of the molecule is CNC(c1ccc(C)c(F)c1)c1ccc(Br)cc1F. The molecule has 0 aromatic heterocycles. The number of hydrogen-bond donors (Lipinski definition) is 1. The minimum atomic E-state index is -0.372. The van der Waals surface area contributed by atoms with Crippen molar-refractivity contribution in [3.63, 3.8) is 0 Å². The second-order valence-electron chi connectivity index (χ2n) is 4.40. The van der Waals surface area contributed by atoms with Crippen LogP contribution in [0.3, 0.4) is 0 Å². The fourth-order valence-corrected chi connectivity index (χ4v) is 2.36. The number of hydrogen-bond acceptors (Lipinski definition) is 1. The van der Waals surface area contributed by atoms with E-state index in [9.17, 15) is 8.78 Å². The Labute approximate surface area is 119 Å². The van der Waals surface area contributed by atoms with Gasteiger partial charge in [0.25, 0.3) is 0 Å². The van der Waals surface area contributed by atoms with E-state index < -0.39 is 0 Å². The molecule has 0 heterocycles. The zero-order chi connectivity index (χ0) is 14.0. The van der Waals surface area contributed by atoms with Gasteiger partial charge >= 0.3 is 0 Å². The lowest BCUT2D eigenvalue weighted by atomic mass is 9.97. The summed E-state index contributed by atoms with van der Waals surface area (Å²) in [7, 11) is 1.73. The first-order valence-electron chi connectivity index (χ1n) is 5.91. The van der Waals surface area contributed by atoms with Crippen LogP contribution in [-0.2, 0) is 0 Å². The molecule has 0 amide bonds. The van der Waals surface area contributed by atoms with Crippen LogP contribution in [0.4, 0.5) is 8.78 Å². The van der Waals surface area contributed by atoms with Gasteiger partial charge in [-0.25, -0.2) is 8.78 Å². The van der Waals surface area contributed by atoms with Crippen molar-refractivity contribution in [2.24, 2.45) is 0 Å². The van der Waals surface area contributed by atoms with Gasteiger partial charge in [-0.3, -0.25) is 0 Å². The minimum absolute atomic E-state index is 0.282. The van der Waals surface area contributed by atoms with Crippen molar-refractivity contribution in [3.05, 3.63) is 69.2 Å². The average Bonchev–Trinajstić information content (AvgIpc) is 2.37. The highest BCUT2D eigenvalue weighted by Gasteiger charge is 2.17. The molecule has 2 rings (SSSR count). The summed E-state index contributed by atoms with van der Waals surface area (Å²) in [6.07, 6.45) is 0. The predicted octanol–water partition coefficient (Wildman–Crippen LogP) is 4.34. The summed E-state index contributed by atoms with van der Waals surface area (Å²) in [5.74, 6) is -0.607. The van der Waals surface area contributed by atoms with E-state index in [-0.39, 0.29) is 17.7 Å². The average molecular weight is 326 g/mol. The largest absolute Gasteiger partial charge is 0.309 e. The van der Waals surface area contributed by atoms with Crippen LogP contribution in [0.5, 0.6) is 0 Å². The Morgan fingerprint density at radius 3 is 2.37 bits per heavy atom. The number of aryl methyl sites for hydroxylation is 1. The second-order valence-corrected chi connectivity index (χ2v) is 5.31. The Balaban J connectivity index is 2.46. The molecule has 0 spiro atoms. The van der Waals surface area contributed by atoms with Crippen LogP contribution in [0, 0.1) is 18.6 Å². The molecule has 0 radical (unpaired) electrons. The fourth-order valence-electron chi connectivity index (χ4n) is 2.03. The van der Waals surface area contributed by atoms with Crippen molar-refractivity contribution in [1.82, 2.24) is 5.32 Å². The van der Waals surface area contributed by atoms with E-state index in [0.29, 0.717) is 21.2 Å². The van der Waals surface area contributed by atoms with Crippen molar-refractivity contribution in [1.29, 1.82) is 0 Å². The molecule has 0 saturated heterocycles. The first kappa shape index (κ1) is 14.2. The summed E-state index contributed by atoms with van der Waals surface area (Å²) >= 11 is 3.22. The van der Waals surface area contributed by atoms with Crippen LogP contribution in [0.25, 0.3) is 0 Å². The molecule has 1 nitrogen and oxygen atoms in total. The molecule has 0 saturated carbocycles. The molecule has 1 unspecified atom stereocenters. The summed E-state index contributed by atoms with van der Waals surface area (Å²) in [6, 6.07) is 9.45. The highest BCUT2D eigenvalue weighted by Crippen LogP contribution is 2.27. The molecule has 1 atom stereocenters. The number of benzene rings is 2. The number of nitrogens with one attached hydrogen (secondary N) is 1. The Morgan fingerprint density at radius 1 is 1.05 bits per heavy atom. The van der Waals surface area contributed by atoms with Gasteiger partial charge in [-0.2, -0.15) is 0 Å². The smallest absolute Gasteiger partial charge is 0.129 e. The highest BCUT2D eigenvalue weighted by molar-refractivity contribution is 9.10. The van der Waals surface area contributed by atoms with Gasteiger partial charge in [0.15, 0.2) is 0 Å². The van der Waals surface area contributed by atoms with E-state index in [1.807, 2.05) is 0 Å². The van der Waals surface area contributed by atoms with Crippen LogP contribution in [0.15, 0.2) is 40.9 Å². The van der Waals surface area contributed by atoms with Gasteiger partial charge in [-0.1, -0.05) is 34.1 Å². The van der Waals surface area contributed by atoms with Gasteiger partial charge in [-0.15, -0.1) is 0 Å². The van der Waals surface area contributed by atoms with Crippen molar-refractivity contribution < 1.29 is 8.78 Å². The first-order valence-corrected chi connectivity index (χ1v) is 6.70. The number of halogens is 3. The molecule has 100 valence electrons. The molecular weight excluding hydrogens is 312 g/mol. The molecule has 1 N–H and O–H groups in total. The minimum Gasteiger partial charge on any atom is -0.309 e. The lowest BCUT2D eigenvalue weighted by Crippen LogP contribution is -2.19. The summed E-state index contributed by atoms with van der Waals surface area (Å²) < 4.78 is 28.3. The second kappa shape index (κ2) is 5.80. The van der Waals surface area contributed by atoms with E-state index in [1.165, 1.54) is 12.1 Å². The molecule has 0 bridgehead atoms. The Morgan fingerprint density at radius 2 is 1.79 bits per heavy atom. The Hall–Kier alpha value is -1.26. The normalized spacial score (nSPS) is 12.5. The quantitative estimate of drug-likeness (QED) is 0.884. The number of rotatable bonds is 3. The summed E-state index contributed by atoms with van der Waals surface area (Å²) in [4.78, 5) is 0. The van der Waals surface area contributed by atoms with Gasteiger partial charge in [0.2, 0.25) is 0 Å². The van der Waals surface area contributed by atoms with Crippen molar-refractivity contribution in [2.45, 2.75) is 13.0 Å². The molecule has 0 fully saturated rings. The van der Waals surface area contributed by atoms with Gasteiger partial charge in [-0.05, 0) is 43.3 Å². The van der Waals surface area contributed by atoms with Gasteiger partial charge in [0, 0.05) is 10.0 Å². The summed E-state index contributed by atoms with van der Waals surface area (Å²) in [5.41, 5.74) is 1.77. The fraction of sp³-hybridized carbons (Fsp3) is 0.200. The first-order chi connectivity index (χ1) is 9.02. The monoisotopic (exact) mass is 325 g/mol. The molecule has 0 aliphatic carbocycles. The van der Waals surface area contributed by atoms with E-state index in [2.05, 4.69) is 21.2 Å². The molecule has 4 heteroatoms. The molecule has 2 aromatic carbocycles. The van der Waals surface area contributed by atoms with Crippen LogP contribution < -0.4 is 5.32 Å². The van der Waals surface area contributed by atoms with Crippen molar-refractivity contribution >= 4 is 15.9 Å². The van der Waals surface area contributed by atoms with Crippen molar-refractivity contribution in [2.75, 3.05) is 7.05 Å². The standard InChI is InChI=1S/C15H14BrF2N/c1-9-3-4-10(7-13(9)17)15(19-2)12-6-5-11(16)8-14(12)18/h3-8,15,19H,1-2H3. The molecular formula is C15H14BrF2N. The lowest BCUT2D eigenvalue weighted by Gasteiger charge is -2.18. The van der Waals surface area contributed by atoms with Gasteiger partial charge in [0.1, 0.15) is 11.6 Å². The van der Waals surface area contributed by atoms with E-state index in [4.69, 9.17) is 0 Å². The zero-order valence-corrected chi connectivity index (χ0v) is 12.3. The van der Waals surface area contributed by atoms with E-state index in [1.54, 1.807) is 38.2 Å². The van der Waals surface area contributed by atoms with Gasteiger partial charge in [0.05, 0.1) is 6.04 Å². The van der Waals surface area contributed by atoms with E-state index in [0.717, 1.165) is 0 Å². The molecule has 0 aliphatic heterocycles. The van der Waals surface area contributed by atoms with Crippen LogP contribution in [-0.4, -0.2) is 7.05 Å². The maximum atomic E-state index is 14.0.